The van der Waals surface area contributed by atoms with Crippen LogP contribution in [-0.2, 0) is 9.59 Å². The van der Waals surface area contributed by atoms with Gasteiger partial charge in [-0.25, -0.2) is 0 Å². The van der Waals surface area contributed by atoms with E-state index < -0.39 is 11.9 Å². The zero-order chi connectivity index (χ0) is 25.8. The second-order valence-corrected chi connectivity index (χ2v) is 8.34. The van der Waals surface area contributed by atoms with Gasteiger partial charge in [0.05, 0.1) is 32.8 Å². The molecule has 0 radical (unpaired) electrons. The number of carbonyl (C=O) groups excluding carboxylic acids is 2. The number of benzene rings is 2. The molecule has 1 saturated heterocycles. The molecule has 2 aromatic carbocycles. The maximum Gasteiger partial charge on any atom is 0.306 e. The molecule has 1 amide bonds. The number of carboxylic acids is 1. The van der Waals surface area contributed by atoms with E-state index in [9.17, 15) is 14.4 Å². The first-order valence-corrected chi connectivity index (χ1v) is 11.4. The maximum absolute atomic E-state index is 12.9. The molecule has 2 heterocycles. The summed E-state index contributed by atoms with van der Waals surface area (Å²) in [6.45, 7) is 0.574. The average molecular weight is 498 g/mol. The monoisotopic (exact) mass is 497 g/mol. The van der Waals surface area contributed by atoms with Gasteiger partial charge in [-0.05, 0) is 48.7 Å². The van der Waals surface area contributed by atoms with E-state index in [1.165, 1.54) is 21.3 Å². The Labute approximate surface area is 208 Å². The van der Waals surface area contributed by atoms with Crippen LogP contribution in [0.1, 0.15) is 28.8 Å². The second kappa shape index (κ2) is 10.6. The summed E-state index contributed by atoms with van der Waals surface area (Å²) in [6.07, 6.45) is 2.44. The SMILES string of the molecule is COc1cc(C=C2Oc3cc(OCC(=O)N4CCC(C(=O)O)CC4)ccc3C2=O)cc(OC)c1OC. The molecular weight excluding hydrogens is 470 g/mol. The Morgan fingerprint density at radius 3 is 2.31 bits per heavy atom. The summed E-state index contributed by atoms with van der Waals surface area (Å²) >= 11 is 0. The number of likely N-dealkylation sites (tertiary alicyclic amines) is 1. The quantitative estimate of drug-likeness (QED) is 0.549. The van der Waals surface area contributed by atoms with Gasteiger partial charge in [0, 0.05) is 19.2 Å². The number of ether oxygens (including phenoxy) is 5. The standard InChI is InChI=1S/C26H27NO9/c1-32-21-11-15(12-22(33-2)25(21)34-3)10-20-24(29)18-5-4-17(13-19(18)36-20)35-14-23(28)27-8-6-16(7-9-27)26(30)31/h4-5,10-13,16H,6-9,14H2,1-3H3,(H,30,31). The summed E-state index contributed by atoms with van der Waals surface area (Å²) in [5, 5.41) is 9.10. The van der Waals surface area contributed by atoms with Crippen LogP contribution in [0.5, 0.6) is 28.7 Å². The molecule has 0 aliphatic carbocycles. The van der Waals surface area contributed by atoms with Gasteiger partial charge in [0.25, 0.3) is 5.91 Å². The predicted molar refractivity (Wildman–Crippen MR) is 128 cm³/mol. The van der Waals surface area contributed by atoms with E-state index in [1.807, 2.05) is 0 Å². The minimum absolute atomic E-state index is 0.119. The molecule has 1 N–H and O–H groups in total. The summed E-state index contributed by atoms with van der Waals surface area (Å²) in [6, 6.07) is 8.16. The molecule has 0 unspecified atom stereocenters. The van der Waals surface area contributed by atoms with Crippen LogP contribution in [-0.4, -0.2) is 68.7 Å². The van der Waals surface area contributed by atoms with Crippen LogP contribution in [0.25, 0.3) is 6.08 Å². The van der Waals surface area contributed by atoms with Crippen LogP contribution in [0.2, 0.25) is 0 Å². The number of fused-ring (bicyclic) bond motifs is 1. The Morgan fingerprint density at radius 1 is 1.06 bits per heavy atom. The van der Waals surface area contributed by atoms with E-state index in [4.69, 9.17) is 28.8 Å². The van der Waals surface area contributed by atoms with E-state index in [0.717, 1.165) is 0 Å². The normalized spacial score (nSPS) is 16.4. The van der Waals surface area contributed by atoms with Crippen LogP contribution in [0.3, 0.4) is 0 Å². The zero-order valence-corrected chi connectivity index (χ0v) is 20.2. The minimum Gasteiger partial charge on any atom is -0.493 e. The summed E-state index contributed by atoms with van der Waals surface area (Å²) in [5.74, 6) is 0.393. The fraction of sp³-hybridized carbons (Fsp3) is 0.346. The van der Waals surface area contributed by atoms with Crippen molar-refractivity contribution in [3.63, 3.8) is 0 Å². The van der Waals surface area contributed by atoms with E-state index in [2.05, 4.69) is 0 Å². The van der Waals surface area contributed by atoms with Gasteiger partial charge in [-0.1, -0.05) is 0 Å². The molecule has 10 heteroatoms. The number of rotatable bonds is 8. The van der Waals surface area contributed by atoms with Crippen molar-refractivity contribution < 1.29 is 43.2 Å². The third kappa shape index (κ3) is 5.07. The highest BCUT2D eigenvalue weighted by Crippen LogP contribution is 2.40. The average Bonchev–Trinajstić information content (AvgIpc) is 3.20. The van der Waals surface area contributed by atoms with Crippen molar-refractivity contribution in [2.24, 2.45) is 5.92 Å². The number of hydrogen-bond acceptors (Lipinski definition) is 8. The van der Waals surface area contributed by atoms with Crippen molar-refractivity contribution in [1.29, 1.82) is 0 Å². The highest BCUT2D eigenvalue weighted by atomic mass is 16.5. The highest BCUT2D eigenvalue weighted by Gasteiger charge is 2.29. The lowest BCUT2D eigenvalue weighted by molar-refractivity contribution is -0.146. The fourth-order valence-electron chi connectivity index (χ4n) is 4.21. The van der Waals surface area contributed by atoms with Crippen LogP contribution in [0, 0.1) is 5.92 Å². The van der Waals surface area contributed by atoms with Crippen LogP contribution in [0.4, 0.5) is 0 Å². The van der Waals surface area contributed by atoms with Crippen molar-refractivity contribution in [2.45, 2.75) is 12.8 Å². The number of amides is 1. The van der Waals surface area contributed by atoms with Crippen molar-refractivity contribution in [1.82, 2.24) is 4.90 Å². The second-order valence-electron chi connectivity index (χ2n) is 8.34. The van der Waals surface area contributed by atoms with Gasteiger partial charge in [-0.15, -0.1) is 0 Å². The first-order valence-electron chi connectivity index (χ1n) is 11.4. The van der Waals surface area contributed by atoms with E-state index in [1.54, 1.807) is 41.3 Å². The van der Waals surface area contributed by atoms with E-state index in [-0.39, 0.29) is 24.1 Å². The lowest BCUT2D eigenvalue weighted by Gasteiger charge is -2.30. The summed E-state index contributed by atoms with van der Waals surface area (Å²) < 4.78 is 27.5. The fourth-order valence-corrected chi connectivity index (χ4v) is 4.21. The molecule has 4 rings (SSSR count). The molecule has 36 heavy (non-hydrogen) atoms. The molecule has 0 bridgehead atoms. The Balaban J connectivity index is 1.43. The number of aliphatic carboxylic acids is 1. The van der Waals surface area contributed by atoms with Crippen LogP contribution >= 0.6 is 0 Å². The Kier molecular flexibility index (Phi) is 7.33. The lowest BCUT2D eigenvalue weighted by atomic mass is 9.97. The van der Waals surface area contributed by atoms with Gasteiger partial charge >= 0.3 is 5.97 Å². The number of methoxy groups -OCH3 is 3. The van der Waals surface area contributed by atoms with Gasteiger partial charge < -0.3 is 33.7 Å². The van der Waals surface area contributed by atoms with Crippen LogP contribution in [0.15, 0.2) is 36.1 Å². The Bertz CT molecular complexity index is 1190. The van der Waals surface area contributed by atoms with Gasteiger partial charge in [0.2, 0.25) is 11.5 Å². The molecular formula is C26H27NO9. The van der Waals surface area contributed by atoms with Crippen LogP contribution < -0.4 is 23.7 Å². The summed E-state index contributed by atoms with van der Waals surface area (Å²) in [7, 11) is 4.52. The van der Waals surface area contributed by atoms with Crippen molar-refractivity contribution in [2.75, 3.05) is 41.0 Å². The topological polar surface area (TPSA) is 121 Å². The molecule has 2 aliphatic rings. The zero-order valence-electron chi connectivity index (χ0n) is 20.2. The molecule has 0 saturated carbocycles. The number of carbonyl (C=O) groups is 3. The first kappa shape index (κ1) is 24.9. The van der Waals surface area contributed by atoms with E-state index in [0.29, 0.717) is 65.8 Å². The predicted octanol–water partition coefficient (Wildman–Crippen LogP) is 3.03. The first-order chi connectivity index (χ1) is 17.3. The summed E-state index contributed by atoms with van der Waals surface area (Å²) in [4.78, 5) is 38.0. The minimum atomic E-state index is -0.829. The van der Waals surface area contributed by atoms with Crippen molar-refractivity contribution >= 4 is 23.7 Å². The molecule has 1 fully saturated rings. The molecule has 190 valence electrons. The molecule has 2 aromatic rings. The smallest absolute Gasteiger partial charge is 0.306 e. The molecule has 2 aliphatic heterocycles. The number of carboxylic acid groups (broad SMARTS) is 1. The maximum atomic E-state index is 12.9. The van der Waals surface area contributed by atoms with Gasteiger partial charge in [-0.2, -0.15) is 0 Å². The van der Waals surface area contributed by atoms with Crippen molar-refractivity contribution in [3.8, 4) is 28.7 Å². The van der Waals surface area contributed by atoms with Crippen molar-refractivity contribution in [3.05, 3.63) is 47.2 Å². The number of hydrogen-bond donors (Lipinski definition) is 1. The molecule has 10 nitrogen and oxygen atoms in total. The highest BCUT2D eigenvalue weighted by molar-refractivity contribution is 6.14. The Morgan fingerprint density at radius 2 is 1.72 bits per heavy atom. The number of allylic oxidation sites excluding steroid dienone is 1. The largest absolute Gasteiger partial charge is 0.493 e. The number of piperidine rings is 1. The number of Topliss-reactive ketones (excluding diaryl/α,β-unsaturated/α-hetero) is 1. The molecule has 0 spiro atoms. The van der Waals surface area contributed by atoms with Gasteiger partial charge in [-0.3, -0.25) is 14.4 Å². The van der Waals surface area contributed by atoms with Gasteiger partial charge in [0.1, 0.15) is 11.5 Å². The van der Waals surface area contributed by atoms with Gasteiger partial charge in [0.15, 0.2) is 23.9 Å². The van der Waals surface area contributed by atoms with E-state index >= 15 is 0 Å². The number of nitrogens with zero attached hydrogens (tertiary/aromatic N) is 1. The Hall–Kier alpha value is -4.21. The third-order valence-corrected chi connectivity index (χ3v) is 6.19. The molecule has 0 atom stereocenters. The summed E-state index contributed by atoms with van der Waals surface area (Å²) in [5.41, 5.74) is 0.998. The lowest BCUT2D eigenvalue weighted by Crippen LogP contribution is -2.42. The molecule has 0 aromatic heterocycles. The third-order valence-electron chi connectivity index (χ3n) is 6.19. The number of ketones is 1.